The Hall–Kier alpha value is -3.69. The van der Waals surface area contributed by atoms with Gasteiger partial charge in [-0.1, -0.05) is 30.3 Å². The van der Waals surface area contributed by atoms with Crippen molar-refractivity contribution in [1.29, 1.82) is 0 Å². The lowest BCUT2D eigenvalue weighted by molar-refractivity contribution is 0.0964. The van der Waals surface area contributed by atoms with Crippen molar-refractivity contribution in [3.63, 3.8) is 0 Å². The molecule has 1 N–H and O–H groups in total. The van der Waals surface area contributed by atoms with Gasteiger partial charge in [-0.3, -0.25) is 4.79 Å². The van der Waals surface area contributed by atoms with Gasteiger partial charge in [0, 0.05) is 61.5 Å². The third-order valence-corrected chi connectivity index (χ3v) is 7.98. The molecule has 1 amide bonds. The van der Waals surface area contributed by atoms with E-state index in [0.29, 0.717) is 40.9 Å². The summed E-state index contributed by atoms with van der Waals surface area (Å²) in [5.41, 5.74) is 4.07. The van der Waals surface area contributed by atoms with Gasteiger partial charge in [0.2, 0.25) is 10.0 Å². The molecule has 0 saturated carbocycles. The van der Waals surface area contributed by atoms with E-state index in [1.807, 2.05) is 68.3 Å². The van der Waals surface area contributed by atoms with Crippen molar-refractivity contribution in [2.75, 3.05) is 38.3 Å². The van der Waals surface area contributed by atoms with Crippen LogP contribution in [0.3, 0.4) is 0 Å². The number of sulfonamides is 1. The average molecular weight is 538 g/mol. The molecule has 1 aromatic heterocycles. The van der Waals surface area contributed by atoms with Crippen LogP contribution >= 0.6 is 0 Å². The Morgan fingerprint density at radius 3 is 2.24 bits per heavy atom. The van der Waals surface area contributed by atoms with E-state index in [-0.39, 0.29) is 17.8 Å². The molecule has 0 bridgehead atoms. The number of likely N-dealkylation sites (N-methyl/N-ethyl adjacent to an activating group) is 1. The monoisotopic (exact) mass is 537 g/mol. The fraction of sp³-hybridized carbons (Fsp3) is 0.276. The van der Waals surface area contributed by atoms with Crippen molar-refractivity contribution in [3.8, 4) is 22.5 Å². The van der Waals surface area contributed by atoms with Crippen LogP contribution in [-0.2, 0) is 10.0 Å². The number of hydrogen-bond donors (Lipinski definition) is 1. The van der Waals surface area contributed by atoms with Crippen molar-refractivity contribution >= 4 is 32.6 Å². The Bertz CT molecular complexity index is 1550. The second kappa shape index (κ2) is 11.0. The zero-order chi connectivity index (χ0) is 27.6. The summed E-state index contributed by atoms with van der Waals surface area (Å²) < 4.78 is 45.9. The van der Waals surface area contributed by atoms with Crippen LogP contribution in [0.2, 0.25) is 0 Å². The molecule has 0 aliphatic carbocycles. The first-order valence-corrected chi connectivity index (χ1v) is 14.2. The number of halogens is 1. The number of carbonyl (C=O) groups excluding carboxylic acids is 1. The van der Waals surface area contributed by atoms with E-state index in [0.717, 1.165) is 16.8 Å². The van der Waals surface area contributed by atoms with Gasteiger partial charge in [-0.25, -0.2) is 12.8 Å². The number of furan rings is 1. The molecule has 0 atom stereocenters. The second-order valence-corrected chi connectivity index (χ2v) is 11.4. The number of nitrogens with one attached hydrogen (secondary N) is 1. The third-order valence-electron chi connectivity index (χ3n) is 6.52. The summed E-state index contributed by atoms with van der Waals surface area (Å²) in [4.78, 5) is 15.0. The minimum atomic E-state index is -3.37. The highest BCUT2D eigenvalue weighted by molar-refractivity contribution is 7.88. The Kier molecular flexibility index (Phi) is 7.89. The first-order valence-electron chi connectivity index (χ1n) is 12.3. The van der Waals surface area contributed by atoms with Crippen molar-refractivity contribution in [2.24, 2.45) is 0 Å². The minimum absolute atomic E-state index is 0.173. The maximum absolute atomic E-state index is 13.6. The summed E-state index contributed by atoms with van der Waals surface area (Å²) in [6.45, 7) is 4.44. The molecule has 9 heteroatoms. The molecule has 38 heavy (non-hydrogen) atoms. The van der Waals surface area contributed by atoms with Crippen LogP contribution in [0.1, 0.15) is 24.2 Å². The van der Waals surface area contributed by atoms with E-state index in [9.17, 15) is 17.6 Å². The number of fused-ring (bicyclic) bond motifs is 1. The van der Waals surface area contributed by atoms with Gasteiger partial charge < -0.3 is 14.6 Å². The van der Waals surface area contributed by atoms with Crippen molar-refractivity contribution in [3.05, 3.63) is 78.1 Å². The minimum Gasteiger partial charge on any atom is -0.455 e. The maximum atomic E-state index is 13.6. The van der Waals surface area contributed by atoms with Gasteiger partial charge in [-0.15, -0.1) is 0 Å². The van der Waals surface area contributed by atoms with Crippen LogP contribution < -0.4 is 10.2 Å². The van der Waals surface area contributed by atoms with Crippen LogP contribution in [-0.4, -0.2) is 58.1 Å². The first-order chi connectivity index (χ1) is 18.0. The van der Waals surface area contributed by atoms with Crippen LogP contribution in [0.5, 0.6) is 0 Å². The third kappa shape index (κ3) is 5.58. The summed E-state index contributed by atoms with van der Waals surface area (Å²) in [7, 11) is 0.0839. The molecule has 0 radical (unpaired) electrons. The van der Waals surface area contributed by atoms with E-state index in [4.69, 9.17) is 4.42 Å². The highest BCUT2D eigenvalue weighted by Gasteiger charge is 2.25. The van der Waals surface area contributed by atoms with Gasteiger partial charge in [-0.2, -0.15) is 4.31 Å². The molecule has 200 valence electrons. The molecule has 7 nitrogen and oxygen atoms in total. The Balaban J connectivity index is 1.88. The number of rotatable bonds is 9. The van der Waals surface area contributed by atoms with Crippen LogP contribution in [0.15, 0.2) is 71.1 Å². The Morgan fingerprint density at radius 1 is 1.00 bits per heavy atom. The van der Waals surface area contributed by atoms with Crippen molar-refractivity contribution < 1.29 is 22.0 Å². The lowest BCUT2D eigenvalue weighted by atomic mass is 9.98. The molecule has 3 aromatic carbocycles. The lowest BCUT2D eigenvalue weighted by Crippen LogP contribution is -2.41. The van der Waals surface area contributed by atoms with Crippen LogP contribution in [0.25, 0.3) is 33.4 Å². The summed E-state index contributed by atoms with van der Waals surface area (Å²) in [5.74, 6) is -0.351. The number of amides is 1. The zero-order valence-corrected chi connectivity index (χ0v) is 23.0. The molecule has 0 saturated heterocycles. The summed E-state index contributed by atoms with van der Waals surface area (Å²) >= 11 is 0. The molecule has 0 aliphatic heterocycles. The molecule has 0 fully saturated rings. The molecule has 1 heterocycles. The van der Waals surface area contributed by atoms with E-state index >= 15 is 0 Å². The summed E-state index contributed by atoms with van der Waals surface area (Å²) in [5, 5.41) is 3.31. The number of nitrogens with zero attached hydrogens (tertiary/aromatic N) is 2. The molecular weight excluding hydrogens is 505 g/mol. The van der Waals surface area contributed by atoms with Gasteiger partial charge in [0.25, 0.3) is 5.91 Å². The number of hydrogen-bond acceptors (Lipinski definition) is 5. The van der Waals surface area contributed by atoms with Crippen LogP contribution in [0.4, 0.5) is 10.1 Å². The van der Waals surface area contributed by atoms with E-state index in [1.165, 1.54) is 22.7 Å². The quantitative estimate of drug-likeness (QED) is 0.310. The molecular formula is C29H32FN3O4S. The Labute approximate surface area is 222 Å². The molecule has 0 unspecified atom stereocenters. The zero-order valence-electron chi connectivity index (χ0n) is 22.2. The van der Waals surface area contributed by atoms with E-state index in [1.54, 1.807) is 19.2 Å². The van der Waals surface area contributed by atoms with Crippen LogP contribution in [0, 0.1) is 5.82 Å². The first kappa shape index (κ1) is 27.3. The van der Waals surface area contributed by atoms with Crippen molar-refractivity contribution in [2.45, 2.75) is 19.9 Å². The number of anilines is 1. The topological polar surface area (TPSA) is 82.9 Å². The largest absolute Gasteiger partial charge is 0.455 e. The highest BCUT2D eigenvalue weighted by Crippen LogP contribution is 2.40. The van der Waals surface area contributed by atoms with Gasteiger partial charge >= 0.3 is 0 Å². The van der Waals surface area contributed by atoms with Gasteiger partial charge in [-0.05, 0) is 49.7 Å². The SMILES string of the molecule is CNC(=O)c1c(-c2ccc(F)cc2)oc2cc(N(C)CCN(C(C)C)S(C)(=O)=O)c(-c3ccccc3)cc12. The predicted octanol–water partition coefficient (Wildman–Crippen LogP) is 5.37. The van der Waals surface area contributed by atoms with Crippen molar-refractivity contribution in [1.82, 2.24) is 9.62 Å². The highest BCUT2D eigenvalue weighted by atomic mass is 32.2. The molecule has 0 aliphatic rings. The predicted molar refractivity (Wildman–Crippen MR) is 150 cm³/mol. The summed E-state index contributed by atoms with van der Waals surface area (Å²) in [6.07, 6.45) is 1.22. The number of benzene rings is 3. The van der Waals surface area contributed by atoms with E-state index < -0.39 is 10.0 Å². The van der Waals surface area contributed by atoms with Gasteiger partial charge in [0.05, 0.1) is 11.8 Å². The maximum Gasteiger partial charge on any atom is 0.255 e. The lowest BCUT2D eigenvalue weighted by Gasteiger charge is -2.28. The molecule has 0 spiro atoms. The standard InChI is InChI=1S/C29H32FN3O4S/c1-19(2)33(38(5,35)36)16-15-32(4)25-18-26-24(17-23(25)20-9-7-6-8-10-20)27(29(34)31-3)28(37-26)21-11-13-22(30)14-12-21/h6-14,17-19H,15-16H2,1-5H3,(H,31,34). The summed E-state index contributed by atoms with van der Waals surface area (Å²) in [6, 6.07) is 19.2. The fourth-order valence-electron chi connectivity index (χ4n) is 4.63. The average Bonchev–Trinajstić information content (AvgIpc) is 3.26. The fourth-order valence-corrected chi connectivity index (χ4v) is 5.81. The van der Waals surface area contributed by atoms with Gasteiger partial charge in [0.15, 0.2) is 0 Å². The molecule has 4 rings (SSSR count). The Morgan fingerprint density at radius 2 is 1.66 bits per heavy atom. The normalized spacial score (nSPS) is 11.9. The second-order valence-electron chi connectivity index (χ2n) is 9.51. The number of carbonyl (C=O) groups is 1. The smallest absolute Gasteiger partial charge is 0.255 e. The van der Waals surface area contributed by atoms with E-state index in [2.05, 4.69) is 5.32 Å². The van der Waals surface area contributed by atoms with Gasteiger partial charge in [0.1, 0.15) is 17.2 Å². The molecule has 4 aromatic rings.